The molecule has 0 aromatic carbocycles. The molecule has 2 aliphatic rings. The molecule has 3 N–H and O–H groups in total. The van der Waals surface area contributed by atoms with Gasteiger partial charge in [-0.2, -0.15) is 39.5 Å². The molecule has 0 amide bonds. The van der Waals surface area contributed by atoms with Crippen LogP contribution in [0.25, 0.3) is 0 Å². The summed E-state index contributed by atoms with van der Waals surface area (Å²) in [6, 6.07) is 0. The first-order chi connectivity index (χ1) is 20.5. The van der Waals surface area contributed by atoms with Crippen LogP contribution in [0.15, 0.2) is 11.6 Å². The molecule has 0 bridgehead atoms. The van der Waals surface area contributed by atoms with E-state index in [1.807, 2.05) is 0 Å². The van der Waals surface area contributed by atoms with Crippen molar-refractivity contribution < 1.29 is 69.2 Å². The van der Waals surface area contributed by atoms with Crippen molar-refractivity contribution in [2.45, 2.75) is 51.6 Å². The van der Waals surface area contributed by atoms with Gasteiger partial charge in [0.2, 0.25) is 0 Å². The van der Waals surface area contributed by atoms with E-state index in [1.54, 1.807) is 11.3 Å². The van der Waals surface area contributed by atoms with Crippen LogP contribution in [-0.2, 0) is 40.6 Å². The molecule has 12 nitrogen and oxygen atoms in total. The molecular weight excluding hydrogens is 659 g/mol. The number of carboxylic acids is 3. The minimum absolute atomic E-state index is 0.930. The van der Waals surface area contributed by atoms with Crippen molar-refractivity contribution in [2.75, 3.05) is 39.8 Å². The summed E-state index contributed by atoms with van der Waals surface area (Å²) in [5.74, 6) is -7.06. The molecule has 2 aromatic heterocycles. The van der Waals surface area contributed by atoms with Crippen LogP contribution in [0.5, 0.6) is 0 Å². The number of aryl methyl sites for hydroxylation is 1. The molecule has 0 atom stereocenters. The maximum Gasteiger partial charge on any atom is 0.490 e. The standard InChI is InChI=1S/C17H26N6S.3C2HF3O2/c1-14-19-15(13-24-14)10-22-7-8-23-16(9-18-17(23)12-22)11-21-5-3-20(2)4-6-21;3*3-2(4,5)1(6)7/h9,13H,3-8,10-12H2,1-2H3;3*(H,6,7). The number of hydrogen-bond donors (Lipinski definition) is 3. The Morgan fingerprint density at radius 3 is 1.62 bits per heavy atom. The second kappa shape index (κ2) is 16.7. The highest BCUT2D eigenvalue weighted by Crippen LogP contribution is 2.19. The van der Waals surface area contributed by atoms with E-state index in [9.17, 15) is 39.5 Å². The van der Waals surface area contributed by atoms with Crippen LogP contribution >= 0.6 is 11.3 Å². The number of hydrogen-bond acceptors (Lipinski definition) is 9. The Morgan fingerprint density at radius 1 is 0.778 bits per heavy atom. The SMILES string of the molecule is Cc1nc(CN2CCn3c(CN4CCN(C)CC4)cnc3C2)cs1.O=C(O)C(F)(F)F.O=C(O)C(F)(F)F.O=C(O)C(F)(F)F. The zero-order valence-electron chi connectivity index (χ0n) is 23.6. The Morgan fingerprint density at radius 2 is 1.22 bits per heavy atom. The molecule has 1 saturated heterocycles. The fourth-order valence-electron chi connectivity index (χ4n) is 3.58. The lowest BCUT2D eigenvalue weighted by molar-refractivity contribution is -0.193. The first-order valence-corrected chi connectivity index (χ1v) is 13.4. The number of carbonyl (C=O) groups is 3. The minimum Gasteiger partial charge on any atom is -0.475 e. The largest absolute Gasteiger partial charge is 0.490 e. The molecule has 45 heavy (non-hydrogen) atoms. The van der Waals surface area contributed by atoms with Crippen molar-refractivity contribution in [1.29, 1.82) is 0 Å². The third-order valence-electron chi connectivity index (χ3n) is 5.79. The van der Waals surface area contributed by atoms with E-state index < -0.39 is 36.4 Å². The van der Waals surface area contributed by atoms with E-state index in [4.69, 9.17) is 34.7 Å². The van der Waals surface area contributed by atoms with Crippen LogP contribution in [0.2, 0.25) is 0 Å². The normalized spacial score (nSPS) is 16.2. The van der Waals surface area contributed by atoms with Gasteiger partial charge in [0.25, 0.3) is 0 Å². The summed E-state index contributed by atoms with van der Waals surface area (Å²) in [6.45, 7) is 11.7. The van der Waals surface area contributed by atoms with Crippen LogP contribution < -0.4 is 0 Å². The molecular formula is C23H29F9N6O6S. The summed E-state index contributed by atoms with van der Waals surface area (Å²) in [4.78, 5) is 43.4. The van der Waals surface area contributed by atoms with Gasteiger partial charge in [0.05, 0.1) is 22.9 Å². The van der Waals surface area contributed by atoms with Crippen molar-refractivity contribution in [3.05, 3.63) is 33.8 Å². The highest BCUT2D eigenvalue weighted by Gasteiger charge is 2.39. The number of likely N-dealkylation sites (N-methyl/N-ethyl adjacent to an activating group) is 1. The summed E-state index contributed by atoms with van der Waals surface area (Å²) in [7, 11) is 2.20. The number of carboxylic acid groups (broad SMARTS) is 3. The van der Waals surface area contributed by atoms with Crippen molar-refractivity contribution >= 4 is 29.2 Å². The van der Waals surface area contributed by atoms with Gasteiger partial charge < -0.3 is 24.8 Å². The van der Waals surface area contributed by atoms with Crippen LogP contribution in [-0.4, -0.2) is 121 Å². The fraction of sp³-hybridized carbons (Fsp3) is 0.609. The maximum absolute atomic E-state index is 10.6. The van der Waals surface area contributed by atoms with E-state index >= 15 is 0 Å². The molecule has 4 heterocycles. The Balaban J connectivity index is 0.000000396. The minimum atomic E-state index is -5.08. The Labute approximate surface area is 253 Å². The number of alkyl halides is 9. The zero-order chi connectivity index (χ0) is 34.8. The van der Waals surface area contributed by atoms with Gasteiger partial charge in [-0.15, -0.1) is 11.3 Å². The average Bonchev–Trinajstić information content (AvgIpc) is 3.50. The van der Waals surface area contributed by atoms with Gasteiger partial charge in [-0.3, -0.25) is 9.80 Å². The second-order valence-corrected chi connectivity index (χ2v) is 10.4. The van der Waals surface area contributed by atoms with Gasteiger partial charge in [-0.1, -0.05) is 0 Å². The fourth-order valence-corrected chi connectivity index (χ4v) is 4.18. The molecule has 0 radical (unpaired) electrons. The Kier molecular flexibility index (Phi) is 14.7. The molecule has 2 aliphatic heterocycles. The summed E-state index contributed by atoms with van der Waals surface area (Å²) in [5.41, 5.74) is 2.56. The first kappa shape index (κ1) is 39.5. The number of halogens is 9. The number of imidazole rings is 1. The van der Waals surface area contributed by atoms with Gasteiger partial charge >= 0.3 is 36.4 Å². The van der Waals surface area contributed by atoms with Crippen LogP contribution in [0.4, 0.5) is 39.5 Å². The van der Waals surface area contributed by atoms with Crippen LogP contribution in [0, 0.1) is 6.92 Å². The molecule has 4 rings (SSSR count). The molecule has 256 valence electrons. The molecule has 0 spiro atoms. The summed E-state index contributed by atoms with van der Waals surface area (Å²) < 4.78 is 97.6. The second-order valence-electron chi connectivity index (χ2n) is 9.37. The summed E-state index contributed by atoms with van der Waals surface area (Å²) >= 11 is 1.73. The van der Waals surface area contributed by atoms with E-state index in [-0.39, 0.29) is 0 Å². The molecule has 22 heteroatoms. The van der Waals surface area contributed by atoms with Gasteiger partial charge in [0, 0.05) is 63.9 Å². The maximum atomic E-state index is 10.6. The molecule has 1 fully saturated rings. The summed E-state index contributed by atoms with van der Waals surface area (Å²) in [6.07, 6.45) is -13.2. The highest BCUT2D eigenvalue weighted by molar-refractivity contribution is 7.09. The van der Waals surface area contributed by atoms with Gasteiger partial charge in [-0.05, 0) is 14.0 Å². The number of nitrogens with zero attached hydrogens (tertiary/aromatic N) is 6. The lowest BCUT2D eigenvalue weighted by Crippen LogP contribution is -2.44. The number of thiazole rings is 1. The van der Waals surface area contributed by atoms with Crippen molar-refractivity contribution in [3.63, 3.8) is 0 Å². The van der Waals surface area contributed by atoms with Crippen molar-refractivity contribution in [2.24, 2.45) is 0 Å². The highest BCUT2D eigenvalue weighted by atomic mass is 32.1. The topological polar surface area (TPSA) is 152 Å². The van der Waals surface area contributed by atoms with Crippen molar-refractivity contribution in [3.8, 4) is 0 Å². The predicted molar refractivity (Wildman–Crippen MR) is 137 cm³/mol. The number of aliphatic carboxylic acids is 3. The molecule has 0 unspecified atom stereocenters. The van der Waals surface area contributed by atoms with Crippen molar-refractivity contribution in [1.82, 2.24) is 29.2 Å². The van der Waals surface area contributed by atoms with Gasteiger partial charge in [0.1, 0.15) is 5.82 Å². The first-order valence-electron chi connectivity index (χ1n) is 12.5. The lowest BCUT2D eigenvalue weighted by Gasteiger charge is -2.33. The van der Waals surface area contributed by atoms with Gasteiger partial charge in [0.15, 0.2) is 0 Å². The molecule has 2 aromatic rings. The number of piperazine rings is 1. The smallest absolute Gasteiger partial charge is 0.475 e. The van der Waals surface area contributed by atoms with E-state index in [2.05, 4.69) is 49.8 Å². The number of rotatable bonds is 4. The number of fused-ring (bicyclic) bond motifs is 1. The van der Waals surface area contributed by atoms with Crippen LogP contribution in [0.1, 0.15) is 22.2 Å². The molecule has 0 saturated carbocycles. The third kappa shape index (κ3) is 14.9. The lowest BCUT2D eigenvalue weighted by atomic mass is 10.3. The van der Waals surface area contributed by atoms with Crippen LogP contribution in [0.3, 0.4) is 0 Å². The Bertz CT molecular complexity index is 1200. The predicted octanol–water partition coefficient (Wildman–Crippen LogP) is 3.31. The monoisotopic (exact) mass is 688 g/mol. The van der Waals surface area contributed by atoms with E-state index in [1.165, 1.54) is 30.3 Å². The van der Waals surface area contributed by atoms with E-state index in [0.29, 0.717) is 0 Å². The van der Waals surface area contributed by atoms with E-state index in [0.717, 1.165) is 50.8 Å². The quantitative estimate of drug-likeness (QED) is 0.406. The average molecular weight is 689 g/mol. The Hall–Kier alpha value is -3.50. The number of aromatic nitrogens is 3. The summed E-state index contributed by atoms with van der Waals surface area (Å²) in [5, 5.41) is 24.7. The third-order valence-corrected chi connectivity index (χ3v) is 6.61. The van der Waals surface area contributed by atoms with Gasteiger partial charge in [-0.25, -0.2) is 24.4 Å². The zero-order valence-corrected chi connectivity index (χ0v) is 24.4. The molecule has 0 aliphatic carbocycles.